The summed E-state index contributed by atoms with van der Waals surface area (Å²) in [6.07, 6.45) is 37.9. The zero-order valence-electron chi connectivity index (χ0n) is 39.1. The van der Waals surface area contributed by atoms with Crippen molar-refractivity contribution in [1.82, 2.24) is 5.32 Å². The van der Waals surface area contributed by atoms with Crippen molar-refractivity contribution in [2.24, 2.45) is 63.5 Å². The number of fused-ring (bicyclic) bond motifs is 5. The lowest BCUT2D eigenvalue weighted by atomic mass is 9.43. The molecule has 7 nitrogen and oxygen atoms in total. The Hall–Kier alpha value is -0.280. The normalized spacial score (nSPS) is 32.5. The smallest absolute Gasteiger partial charge is 0.0637 e. The summed E-state index contributed by atoms with van der Waals surface area (Å²) in [7, 11) is 0. The average Bonchev–Trinajstić information content (AvgIpc) is 3.58. The van der Waals surface area contributed by atoms with Crippen LogP contribution >= 0.6 is 0 Å². The first-order valence-electron chi connectivity index (χ1n) is 26.0. The molecule has 4 fully saturated rings. The number of nitrogens with one attached hydrogen (secondary N) is 1. The molecule has 0 aliphatic heterocycles. The van der Waals surface area contributed by atoms with Crippen molar-refractivity contribution in [1.29, 1.82) is 0 Å². The lowest BCUT2D eigenvalue weighted by Crippen LogP contribution is -2.63. The standard InChI is InChI=1S/C51H100N4O3/c1-5-6-7-8-9-10-11-12-13-14-15-16-17-18-19-20-33-55-34-21-25-41(2)44-26-27-45-49-46(40-48(51(44,45)4)58-37-24-32-54)50(3)29-28-43(56-35-22-30-52)38-42(50)39-47(49)57-36-23-31-53/h41-49,55H,5-40,52-54H2,1-4H3/t41?,42-,43+,44?,45-,46-,47+,48-,49-,50-,51+/m0/s1. The van der Waals surface area contributed by atoms with Crippen LogP contribution in [0.4, 0.5) is 0 Å². The van der Waals surface area contributed by atoms with Gasteiger partial charge in [0.05, 0.1) is 18.3 Å². The minimum atomic E-state index is 0.178. The topological polar surface area (TPSA) is 118 Å². The van der Waals surface area contributed by atoms with E-state index in [9.17, 15) is 0 Å². The first-order chi connectivity index (χ1) is 28.3. The van der Waals surface area contributed by atoms with Crippen LogP contribution in [-0.4, -0.2) is 70.9 Å². The van der Waals surface area contributed by atoms with E-state index in [2.05, 4.69) is 33.0 Å². The molecule has 11 atom stereocenters. The monoisotopic (exact) mass is 817 g/mol. The summed E-state index contributed by atoms with van der Waals surface area (Å²) in [4.78, 5) is 0. The van der Waals surface area contributed by atoms with Gasteiger partial charge in [0.1, 0.15) is 0 Å². The van der Waals surface area contributed by atoms with Gasteiger partial charge in [-0.1, -0.05) is 124 Å². The Kier molecular flexibility index (Phi) is 24.7. The summed E-state index contributed by atoms with van der Waals surface area (Å²) in [6, 6.07) is 0. The molecule has 7 N–H and O–H groups in total. The molecule has 0 amide bonds. The van der Waals surface area contributed by atoms with Crippen molar-refractivity contribution in [3.8, 4) is 0 Å². The van der Waals surface area contributed by atoms with Crippen LogP contribution in [0.2, 0.25) is 0 Å². The second-order valence-electron chi connectivity index (χ2n) is 20.6. The molecule has 0 heterocycles. The maximum atomic E-state index is 7.08. The molecule has 7 heteroatoms. The maximum absolute atomic E-state index is 7.08. The number of ether oxygens (including phenoxy) is 3. The van der Waals surface area contributed by atoms with Gasteiger partial charge in [-0.2, -0.15) is 0 Å². The highest BCUT2D eigenvalue weighted by atomic mass is 16.5. The van der Waals surface area contributed by atoms with E-state index in [-0.39, 0.29) is 5.41 Å². The molecule has 0 bridgehead atoms. The van der Waals surface area contributed by atoms with Crippen molar-refractivity contribution >= 4 is 0 Å². The number of hydrogen-bond donors (Lipinski definition) is 4. The first kappa shape index (κ1) is 50.4. The highest BCUT2D eigenvalue weighted by molar-refractivity contribution is 5.15. The summed E-state index contributed by atoms with van der Waals surface area (Å²) in [6.45, 7) is 17.0. The van der Waals surface area contributed by atoms with E-state index in [0.29, 0.717) is 78.9 Å². The molecular weight excluding hydrogens is 717 g/mol. The van der Waals surface area contributed by atoms with E-state index in [4.69, 9.17) is 31.4 Å². The molecule has 0 saturated heterocycles. The first-order valence-corrected chi connectivity index (χ1v) is 26.0. The molecule has 2 unspecified atom stereocenters. The van der Waals surface area contributed by atoms with Gasteiger partial charge in [-0.15, -0.1) is 0 Å². The van der Waals surface area contributed by atoms with Gasteiger partial charge >= 0.3 is 0 Å². The van der Waals surface area contributed by atoms with Crippen molar-refractivity contribution in [3.05, 3.63) is 0 Å². The molecule has 4 aliphatic rings. The van der Waals surface area contributed by atoms with E-state index in [1.165, 1.54) is 161 Å². The molecule has 0 spiro atoms. The van der Waals surface area contributed by atoms with E-state index >= 15 is 0 Å². The molecule has 0 aromatic rings. The maximum Gasteiger partial charge on any atom is 0.0637 e. The molecule has 4 saturated carbocycles. The zero-order valence-corrected chi connectivity index (χ0v) is 39.1. The van der Waals surface area contributed by atoms with Crippen LogP contribution in [0.25, 0.3) is 0 Å². The predicted molar refractivity (Wildman–Crippen MR) is 247 cm³/mol. The van der Waals surface area contributed by atoms with Crippen LogP contribution < -0.4 is 22.5 Å². The Morgan fingerprint density at radius 1 is 0.586 bits per heavy atom. The number of rotatable bonds is 34. The van der Waals surface area contributed by atoms with E-state index in [0.717, 1.165) is 52.0 Å². The molecule has 0 aromatic carbocycles. The van der Waals surface area contributed by atoms with Gasteiger partial charge < -0.3 is 36.7 Å². The predicted octanol–water partition coefficient (Wildman–Crippen LogP) is 11.3. The fraction of sp³-hybridized carbons (Fsp3) is 1.00. The highest BCUT2D eigenvalue weighted by Crippen LogP contribution is 2.69. The van der Waals surface area contributed by atoms with Gasteiger partial charge in [-0.3, -0.25) is 0 Å². The van der Waals surface area contributed by atoms with Gasteiger partial charge in [0.15, 0.2) is 0 Å². The SMILES string of the molecule is CCCCCCCCCCCCCCCCCCNCCCC(C)C1CC[C@H]2[C@@H]3[C@H](OCCCN)C[C@@H]4C[C@H](OCCCN)CC[C@]4(C)[C@H]3C[C@H](OCCCN)[C@]12C. The van der Waals surface area contributed by atoms with Gasteiger partial charge in [0, 0.05) is 25.2 Å². The van der Waals surface area contributed by atoms with Crippen molar-refractivity contribution in [2.45, 2.75) is 226 Å². The highest BCUT2D eigenvalue weighted by Gasteiger charge is 2.66. The quantitative estimate of drug-likeness (QED) is 0.0478. The lowest BCUT2D eigenvalue weighted by molar-refractivity contribution is -0.227. The second kappa shape index (κ2) is 28.4. The Balaban J connectivity index is 1.22. The fourth-order valence-electron chi connectivity index (χ4n) is 13.3. The fourth-order valence-corrected chi connectivity index (χ4v) is 13.3. The van der Waals surface area contributed by atoms with Crippen LogP contribution in [-0.2, 0) is 14.2 Å². The van der Waals surface area contributed by atoms with Crippen molar-refractivity contribution in [3.63, 3.8) is 0 Å². The van der Waals surface area contributed by atoms with Gasteiger partial charge in [-0.25, -0.2) is 0 Å². The molecule has 342 valence electrons. The van der Waals surface area contributed by atoms with Crippen LogP contribution in [0.5, 0.6) is 0 Å². The molecule has 58 heavy (non-hydrogen) atoms. The lowest BCUT2D eigenvalue weighted by Gasteiger charge is -2.65. The Morgan fingerprint density at radius 2 is 1.14 bits per heavy atom. The summed E-state index contributed by atoms with van der Waals surface area (Å²) < 4.78 is 20.5. The summed E-state index contributed by atoms with van der Waals surface area (Å²) in [5, 5.41) is 3.83. The molecule has 4 aliphatic carbocycles. The van der Waals surface area contributed by atoms with E-state index in [1.54, 1.807) is 0 Å². The molecule has 0 aromatic heterocycles. The number of nitrogens with two attached hydrogens (primary N) is 3. The third-order valence-electron chi connectivity index (χ3n) is 16.7. The average molecular weight is 817 g/mol. The van der Waals surface area contributed by atoms with E-state index < -0.39 is 0 Å². The largest absolute Gasteiger partial charge is 0.378 e. The Morgan fingerprint density at radius 3 is 1.74 bits per heavy atom. The molecular formula is C51H100N4O3. The molecule has 0 radical (unpaired) electrons. The van der Waals surface area contributed by atoms with Crippen molar-refractivity contribution in [2.75, 3.05) is 52.5 Å². The van der Waals surface area contributed by atoms with Gasteiger partial charge in [0.25, 0.3) is 0 Å². The van der Waals surface area contributed by atoms with Crippen LogP contribution in [0.15, 0.2) is 0 Å². The zero-order chi connectivity index (χ0) is 41.5. The number of hydrogen-bond acceptors (Lipinski definition) is 7. The summed E-state index contributed by atoms with van der Waals surface area (Å²) >= 11 is 0. The third kappa shape index (κ3) is 14.9. The summed E-state index contributed by atoms with van der Waals surface area (Å²) in [5.74, 6) is 3.91. The third-order valence-corrected chi connectivity index (χ3v) is 16.7. The minimum Gasteiger partial charge on any atom is -0.378 e. The van der Waals surface area contributed by atoms with Gasteiger partial charge in [-0.05, 0) is 157 Å². The van der Waals surface area contributed by atoms with Crippen LogP contribution in [0, 0.1) is 46.3 Å². The minimum absolute atomic E-state index is 0.178. The van der Waals surface area contributed by atoms with Gasteiger partial charge in [0.2, 0.25) is 0 Å². The van der Waals surface area contributed by atoms with E-state index in [1.807, 2.05) is 0 Å². The molecule has 4 rings (SSSR count). The summed E-state index contributed by atoms with van der Waals surface area (Å²) in [5.41, 5.74) is 18.4. The second-order valence-corrected chi connectivity index (χ2v) is 20.6. The Bertz CT molecular complexity index is 1030. The number of unbranched alkanes of at least 4 members (excludes halogenated alkanes) is 15. The van der Waals surface area contributed by atoms with Crippen molar-refractivity contribution < 1.29 is 14.2 Å². The van der Waals surface area contributed by atoms with Crippen LogP contribution in [0.3, 0.4) is 0 Å². The van der Waals surface area contributed by atoms with Crippen LogP contribution in [0.1, 0.15) is 207 Å². The Labute approximate surface area is 360 Å².